The summed E-state index contributed by atoms with van der Waals surface area (Å²) in [6, 6.07) is 10.2. The van der Waals surface area contributed by atoms with Crippen LogP contribution in [0.4, 0.5) is 0 Å². The quantitative estimate of drug-likeness (QED) is 0.162. The predicted molar refractivity (Wildman–Crippen MR) is 133 cm³/mol. The lowest BCUT2D eigenvalue weighted by Gasteiger charge is -2.20. The smallest absolute Gasteiger partial charge is 0.200 e. The van der Waals surface area contributed by atoms with Crippen molar-refractivity contribution in [2.45, 2.75) is 49.7 Å². The molecule has 0 bridgehead atoms. The number of hydrogen-bond donors (Lipinski definition) is 1. The summed E-state index contributed by atoms with van der Waals surface area (Å²) in [6.07, 6.45) is 11.3. The Hall–Kier alpha value is -1.17. The molecule has 32 heavy (non-hydrogen) atoms. The van der Waals surface area contributed by atoms with E-state index in [4.69, 9.17) is 9.47 Å². The second-order valence-corrected chi connectivity index (χ2v) is 12.0. The van der Waals surface area contributed by atoms with E-state index in [1.807, 2.05) is 30.4 Å². The minimum absolute atomic E-state index is 0.0225. The van der Waals surface area contributed by atoms with Gasteiger partial charge in [0, 0.05) is 55.4 Å². The molecule has 178 valence electrons. The van der Waals surface area contributed by atoms with E-state index < -0.39 is 7.37 Å². The highest BCUT2D eigenvalue weighted by atomic mass is 32.2. The summed E-state index contributed by atoms with van der Waals surface area (Å²) in [5, 5.41) is 0. The normalized spacial score (nSPS) is 24.4. The Bertz CT molecular complexity index is 795. The maximum absolute atomic E-state index is 12.6. The zero-order valence-electron chi connectivity index (χ0n) is 19.4. The molecule has 7 heteroatoms. The van der Waals surface area contributed by atoms with Crippen molar-refractivity contribution < 1.29 is 23.7 Å². The molecule has 1 aromatic rings. The molecule has 1 aliphatic rings. The molecule has 0 aromatic heterocycles. The van der Waals surface area contributed by atoms with Crippen LogP contribution in [0.15, 0.2) is 59.5 Å². The van der Waals surface area contributed by atoms with Crippen molar-refractivity contribution in [3.63, 3.8) is 0 Å². The average molecular weight is 481 g/mol. The molecule has 1 aromatic carbocycles. The van der Waals surface area contributed by atoms with Crippen molar-refractivity contribution in [2.24, 2.45) is 11.8 Å². The second-order valence-electron chi connectivity index (χ2n) is 8.15. The van der Waals surface area contributed by atoms with Gasteiger partial charge in [-0.1, -0.05) is 49.4 Å². The van der Waals surface area contributed by atoms with Crippen molar-refractivity contribution >= 4 is 24.9 Å². The zero-order valence-corrected chi connectivity index (χ0v) is 21.1. The molecule has 3 unspecified atom stereocenters. The van der Waals surface area contributed by atoms with Gasteiger partial charge in [-0.3, -0.25) is 9.36 Å². The molecular weight excluding hydrogens is 443 g/mol. The first-order chi connectivity index (χ1) is 15.4. The summed E-state index contributed by atoms with van der Waals surface area (Å²) in [4.78, 5) is 23.5. The second kappa shape index (κ2) is 14.2. The van der Waals surface area contributed by atoms with Crippen LogP contribution in [0.5, 0.6) is 0 Å². The molecule has 1 fully saturated rings. The Labute approximate surface area is 197 Å². The lowest BCUT2D eigenvalue weighted by Crippen LogP contribution is -2.21. The summed E-state index contributed by atoms with van der Waals surface area (Å²) in [5.41, 5.74) is 0. The van der Waals surface area contributed by atoms with Gasteiger partial charge in [-0.2, -0.15) is 0 Å². The van der Waals surface area contributed by atoms with Gasteiger partial charge in [0.1, 0.15) is 5.78 Å². The largest absolute Gasteiger partial charge is 0.380 e. The minimum atomic E-state index is -2.95. The van der Waals surface area contributed by atoms with Crippen LogP contribution in [0.1, 0.15) is 32.6 Å². The number of benzene rings is 1. The van der Waals surface area contributed by atoms with Gasteiger partial charge in [0.25, 0.3) is 0 Å². The van der Waals surface area contributed by atoms with Crippen LogP contribution in [-0.4, -0.2) is 55.2 Å². The number of allylic oxidation sites excluding steroid dienone is 2. The van der Waals surface area contributed by atoms with Gasteiger partial charge >= 0.3 is 0 Å². The predicted octanol–water partition coefficient (Wildman–Crippen LogP) is 5.59. The molecule has 2 rings (SSSR count). The molecule has 0 saturated heterocycles. The topological polar surface area (TPSA) is 72.8 Å². The first-order valence-electron chi connectivity index (χ1n) is 11.3. The van der Waals surface area contributed by atoms with Crippen molar-refractivity contribution in [2.75, 3.05) is 32.3 Å². The van der Waals surface area contributed by atoms with E-state index in [1.165, 1.54) is 4.90 Å². The van der Waals surface area contributed by atoms with E-state index in [9.17, 15) is 14.3 Å². The number of ether oxygens (including phenoxy) is 2. The Morgan fingerprint density at radius 3 is 2.66 bits per heavy atom. The van der Waals surface area contributed by atoms with Crippen LogP contribution in [0.3, 0.4) is 0 Å². The highest BCUT2D eigenvalue weighted by molar-refractivity contribution is 7.99. The number of hydrogen-bond acceptors (Lipinski definition) is 5. The molecule has 1 N–H and O–H groups in total. The van der Waals surface area contributed by atoms with Gasteiger partial charge in [0.2, 0.25) is 0 Å². The van der Waals surface area contributed by atoms with Crippen LogP contribution >= 0.6 is 19.1 Å². The number of unbranched alkanes of at least 4 members (excludes halogenated alkanes) is 1. The van der Waals surface area contributed by atoms with E-state index in [-0.39, 0.29) is 29.8 Å². The van der Waals surface area contributed by atoms with Gasteiger partial charge in [-0.25, -0.2) is 0 Å². The molecule has 0 amide bonds. The summed E-state index contributed by atoms with van der Waals surface area (Å²) in [7, 11) is 0.421. The summed E-state index contributed by atoms with van der Waals surface area (Å²) < 4.78 is 23.0. The molecular formula is C25H37O5PS. The Kier molecular flexibility index (Phi) is 12.0. The van der Waals surface area contributed by atoms with Crippen LogP contribution < -0.4 is 0 Å². The van der Waals surface area contributed by atoms with Crippen molar-refractivity contribution in [1.29, 1.82) is 0 Å². The molecule has 0 heterocycles. The maximum atomic E-state index is 12.6. The summed E-state index contributed by atoms with van der Waals surface area (Å²) >= 11 is 1.74. The lowest BCUT2D eigenvalue weighted by molar-refractivity contribution is -0.121. The lowest BCUT2D eigenvalue weighted by atomic mass is 9.90. The third kappa shape index (κ3) is 8.99. The van der Waals surface area contributed by atoms with Gasteiger partial charge in [0.05, 0.1) is 12.2 Å². The zero-order chi connectivity index (χ0) is 23.4. The monoisotopic (exact) mass is 480 g/mol. The standard InChI is InChI=1S/C25H37O5PS/c1-4-31(27,28)17-11-6-5-10-14-22-23(25(30-3)18-24(22)26)16-15-20(29-2)19-32-21-12-8-7-9-13-21/h5,7-10,12-13,15-16,20,22-23,25H,4,6,11,14,17-19H2,1-3H3,(H,27,28)/b10-5-,16-15+/t20?,22-,23-,25?/m1/s1. The molecule has 0 aliphatic heterocycles. The number of ketones is 1. The number of carbonyl (C=O) groups is 1. The Balaban J connectivity index is 1.91. The third-order valence-electron chi connectivity index (χ3n) is 5.95. The van der Waals surface area contributed by atoms with Crippen LogP contribution in [0.2, 0.25) is 0 Å². The highest BCUT2D eigenvalue weighted by Gasteiger charge is 2.40. The van der Waals surface area contributed by atoms with E-state index in [0.29, 0.717) is 31.6 Å². The van der Waals surface area contributed by atoms with Crippen molar-refractivity contribution in [3.05, 3.63) is 54.6 Å². The fraction of sp³-hybridized carbons (Fsp3) is 0.560. The SMILES string of the molecule is CCP(=O)(O)CCC/C=C\C[C@H]1C(=O)CC(OC)[C@@H]1/C=C/C(CSc1ccccc1)OC. The number of methoxy groups -OCH3 is 2. The molecule has 1 saturated carbocycles. The van der Waals surface area contributed by atoms with Crippen LogP contribution in [0, 0.1) is 11.8 Å². The van der Waals surface area contributed by atoms with Gasteiger partial charge in [0.15, 0.2) is 7.37 Å². The fourth-order valence-corrected chi connectivity index (χ4v) is 5.82. The van der Waals surface area contributed by atoms with Gasteiger partial charge in [-0.15, -0.1) is 11.8 Å². The maximum Gasteiger partial charge on any atom is 0.200 e. The average Bonchev–Trinajstić information content (AvgIpc) is 3.11. The fourth-order valence-electron chi connectivity index (χ4n) is 3.87. The van der Waals surface area contributed by atoms with Gasteiger partial charge < -0.3 is 14.4 Å². The molecule has 5 nitrogen and oxygen atoms in total. The van der Waals surface area contributed by atoms with E-state index in [0.717, 1.165) is 12.2 Å². The first kappa shape index (κ1) is 27.1. The Morgan fingerprint density at radius 2 is 2.00 bits per heavy atom. The van der Waals surface area contributed by atoms with E-state index in [1.54, 1.807) is 32.9 Å². The van der Waals surface area contributed by atoms with Crippen LogP contribution in [-0.2, 0) is 18.8 Å². The van der Waals surface area contributed by atoms with Crippen LogP contribution in [0.25, 0.3) is 0 Å². The molecule has 0 radical (unpaired) electrons. The van der Waals surface area contributed by atoms with Crippen molar-refractivity contribution in [3.8, 4) is 0 Å². The molecule has 0 spiro atoms. The van der Waals surface area contributed by atoms with E-state index in [2.05, 4.69) is 24.3 Å². The van der Waals surface area contributed by atoms with E-state index >= 15 is 0 Å². The highest BCUT2D eigenvalue weighted by Crippen LogP contribution is 2.40. The third-order valence-corrected chi connectivity index (χ3v) is 9.05. The summed E-state index contributed by atoms with van der Waals surface area (Å²) in [5.74, 6) is 0.946. The minimum Gasteiger partial charge on any atom is -0.380 e. The number of rotatable bonds is 14. The molecule has 1 aliphatic carbocycles. The molecule has 5 atom stereocenters. The Morgan fingerprint density at radius 1 is 1.25 bits per heavy atom. The first-order valence-corrected chi connectivity index (χ1v) is 14.3. The number of carbonyl (C=O) groups excluding carboxylic acids is 1. The number of Topliss-reactive ketones (excluding diaryl/α,β-unsaturated/α-hetero) is 1. The van der Waals surface area contributed by atoms with Crippen molar-refractivity contribution in [1.82, 2.24) is 0 Å². The number of thioether (sulfide) groups is 1. The van der Waals surface area contributed by atoms with Gasteiger partial charge in [-0.05, 0) is 31.4 Å². The summed E-state index contributed by atoms with van der Waals surface area (Å²) in [6.45, 7) is 1.75.